The number of rotatable bonds is 9. The lowest BCUT2D eigenvalue weighted by atomic mass is 10.1. The summed E-state index contributed by atoms with van der Waals surface area (Å²) in [5.41, 5.74) is -0.223. The predicted octanol–water partition coefficient (Wildman–Crippen LogP) is 4.72. The van der Waals surface area contributed by atoms with E-state index in [1.54, 1.807) is 0 Å². The average molecular weight is 344 g/mol. The van der Waals surface area contributed by atoms with E-state index in [9.17, 15) is 9.67 Å². The first-order valence-corrected chi connectivity index (χ1v) is 10.8. The second-order valence-electron chi connectivity index (χ2n) is 6.39. The molecule has 0 amide bonds. The molecule has 24 heavy (non-hydrogen) atoms. The quantitative estimate of drug-likeness (QED) is 0.668. The molecule has 0 saturated carbocycles. The number of benzene rings is 2. The maximum atomic E-state index is 14.4. The predicted molar refractivity (Wildman–Crippen MR) is 104 cm³/mol. The highest BCUT2D eigenvalue weighted by atomic mass is 31.2. The fraction of sp³-hybridized carbons (Fsp3) is 0.429. The van der Waals surface area contributed by atoms with E-state index in [4.69, 9.17) is 0 Å². The zero-order valence-corrected chi connectivity index (χ0v) is 15.7. The molecule has 2 nitrogen and oxygen atoms in total. The third kappa shape index (κ3) is 4.18. The van der Waals surface area contributed by atoms with Gasteiger partial charge in [0.2, 0.25) is 0 Å². The van der Waals surface area contributed by atoms with Gasteiger partial charge in [-0.2, -0.15) is 0 Å². The van der Waals surface area contributed by atoms with Crippen LogP contribution < -0.4 is 10.6 Å². The number of hydrogen-bond donors (Lipinski definition) is 1. The van der Waals surface area contributed by atoms with Crippen LogP contribution >= 0.6 is 7.14 Å². The molecule has 0 saturated heterocycles. The third-order valence-corrected chi connectivity index (χ3v) is 8.30. The third-order valence-electron chi connectivity index (χ3n) is 4.63. The van der Waals surface area contributed by atoms with E-state index in [0.29, 0.717) is 6.42 Å². The summed E-state index contributed by atoms with van der Waals surface area (Å²) < 4.78 is 14.4. The van der Waals surface area contributed by atoms with Gasteiger partial charge in [0, 0.05) is 16.3 Å². The Hall–Kier alpha value is -1.37. The van der Waals surface area contributed by atoms with Gasteiger partial charge in [-0.15, -0.1) is 0 Å². The summed E-state index contributed by atoms with van der Waals surface area (Å²) in [6, 6.07) is 19.4. The van der Waals surface area contributed by atoms with Crippen LogP contribution in [0, 0.1) is 0 Å². The summed E-state index contributed by atoms with van der Waals surface area (Å²) in [6.45, 7) is 4.22. The van der Waals surface area contributed by atoms with Crippen molar-refractivity contribution in [2.24, 2.45) is 0 Å². The minimum absolute atomic E-state index is 0.223. The van der Waals surface area contributed by atoms with Crippen molar-refractivity contribution in [1.29, 1.82) is 0 Å². The van der Waals surface area contributed by atoms with E-state index < -0.39 is 13.2 Å². The lowest BCUT2D eigenvalue weighted by Crippen LogP contribution is -2.34. The van der Waals surface area contributed by atoms with Crippen molar-refractivity contribution in [1.82, 2.24) is 0 Å². The van der Waals surface area contributed by atoms with Crippen LogP contribution in [0.2, 0.25) is 0 Å². The molecule has 3 heteroatoms. The normalized spacial score (nSPS) is 14.3. The van der Waals surface area contributed by atoms with Gasteiger partial charge < -0.3 is 9.67 Å². The van der Waals surface area contributed by atoms with Crippen LogP contribution in [-0.2, 0) is 4.57 Å². The van der Waals surface area contributed by atoms with E-state index >= 15 is 0 Å². The fourth-order valence-corrected chi connectivity index (χ4v) is 6.90. The Morgan fingerprint density at radius 3 is 1.75 bits per heavy atom. The molecule has 0 heterocycles. The van der Waals surface area contributed by atoms with Gasteiger partial charge in [-0.05, 0) is 12.8 Å². The van der Waals surface area contributed by atoms with Gasteiger partial charge >= 0.3 is 0 Å². The molecule has 0 fully saturated rings. The van der Waals surface area contributed by atoms with Crippen molar-refractivity contribution in [2.45, 2.75) is 57.7 Å². The summed E-state index contributed by atoms with van der Waals surface area (Å²) in [5, 5.41) is 12.6. The molecule has 2 atom stereocenters. The largest absolute Gasteiger partial charge is 0.392 e. The van der Waals surface area contributed by atoms with E-state index in [1.807, 2.05) is 60.7 Å². The van der Waals surface area contributed by atoms with E-state index in [0.717, 1.165) is 36.3 Å². The van der Waals surface area contributed by atoms with Gasteiger partial charge in [0.05, 0.1) is 6.10 Å². The van der Waals surface area contributed by atoms with E-state index in [2.05, 4.69) is 13.8 Å². The standard InChI is InChI=1S/C21H29O2P/c1-3-5-17-20(22)21(12-4-2)24(23,18-13-8-6-9-14-18)19-15-10-7-11-16-19/h6-11,13-16,20-22H,3-5,12,17H2,1-2H3/t20-,21+/m1/s1. The molecule has 1 N–H and O–H groups in total. The van der Waals surface area contributed by atoms with Gasteiger partial charge in [0.15, 0.2) is 0 Å². The first-order valence-electron chi connectivity index (χ1n) is 9.03. The Balaban J connectivity index is 2.53. The molecule has 2 aromatic rings. The number of hydrogen-bond acceptors (Lipinski definition) is 2. The van der Waals surface area contributed by atoms with Crippen molar-refractivity contribution in [3.63, 3.8) is 0 Å². The molecule has 0 unspecified atom stereocenters. The highest BCUT2D eigenvalue weighted by Crippen LogP contribution is 2.52. The molecular weight excluding hydrogens is 315 g/mol. The summed E-state index contributed by atoms with van der Waals surface area (Å²) >= 11 is 0. The second-order valence-corrected chi connectivity index (χ2v) is 9.41. The van der Waals surface area contributed by atoms with Crippen molar-refractivity contribution in [3.05, 3.63) is 60.7 Å². The molecule has 0 radical (unpaired) electrons. The SMILES string of the molecule is CCCC[C@@H](O)[C@H](CCC)P(=O)(c1ccccc1)c1ccccc1. The van der Waals surface area contributed by atoms with Crippen LogP contribution in [0.25, 0.3) is 0 Å². The van der Waals surface area contributed by atoms with Gasteiger partial charge in [0.1, 0.15) is 7.14 Å². The topological polar surface area (TPSA) is 37.3 Å². The maximum absolute atomic E-state index is 14.4. The maximum Gasteiger partial charge on any atom is 0.148 e. The molecule has 0 aromatic heterocycles. The van der Waals surface area contributed by atoms with Crippen LogP contribution in [0.15, 0.2) is 60.7 Å². The van der Waals surface area contributed by atoms with Crippen molar-refractivity contribution >= 4 is 17.8 Å². The zero-order valence-electron chi connectivity index (χ0n) is 14.8. The van der Waals surface area contributed by atoms with E-state index in [1.165, 1.54) is 0 Å². The van der Waals surface area contributed by atoms with Gasteiger partial charge in [-0.1, -0.05) is 93.8 Å². The molecule has 0 aliphatic rings. The minimum Gasteiger partial charge on any atom is -0.392 e. The lowest BCUT2D eigenvalue weighted by Gasteiger charge is -2.32. The summed E-state index contributed by atoms with van der Waals surface area (Å²) in [4.78, 5) is 0. The summed E-state index contributed by atoms with van der Waals surface area (Å²) in [6.07, 6.45) is 3.87. The van der Waals surface area contributed by atoms with Gasteiger partial charge in [0.25, 0.3) is 0 Å². The first kappa shape index (κ1) is 19.0. The zero-order chi connectivity index (χ0) is 17.4. The van der Waals surface area contributed by atoms with E-state index in [-0.39, 0.29) is 5.66 Å². The average Bonchev–Trinajstić information content (AvgIpc) is 2.65. The molecule has 0 spiro atoms. The second kappa shape index (κ2) is 9.20. The van der Waals surface area contributed by atoms with Crippen LogP contribution in [0.5, 0.6) is 0 Å². The molecule has 2 rings (SSSR count). The number of aliphatic hydroxyl groups is 1. The molecule has 0 aliphatic carbocycles. The van der Waals surface area contributed by atoms with Crippen LogP contribution in [0.3, 0.4) is 0 Å². The van der Waals surface area contributed by atoms with Crippen molar-refractivity contribution in [2.75, 3.05) is 0 Å². The highest BCUT2D eigenvalue weighted by molar-refractivity contribution is 7.79. The first-order chi connectivity index (χ1) is 11.6. The van der Waals surface area contributed by atoms with Crippen LogP contribution in [-0.4, -0.2) is 16.9 Å². The molecule has 0 aliphatic heterocycles. The Kier molecular flexibility index (Phi) is 7.27. The number of aliphatic hydroxyl groups excluding tert-OH is 1. The van der Waals surface area contributed by atoms with Gasteiger partial charge in [-0.3, -0.25) is 0 Å². The summed E-state index contributed by atoms with van der Waals surface area (Å²) in [5.74, 6) is 0. The van der Waals surface area contributed by atoms with Crippen molar-refractivity contribution < 1.29 is 9.67 Å². The summed E-state index contributed by atoms with van der Waals surface area (Å²) in [7, 11) is -2.90. The molecular formula is C21H29O2P. The van der Waals surface area contributed by atoms with Crippen LogP contribution in [0.4, 0.5) is 0 Å². The van der Waals surface area contributed by atoms with Crippen LogP contribution in [0.1, 0.15) is 46.0 Å². The Labute approximate surface area is 146 Å². The Bertz CT molecular complexity index is 596. The van der Waals surface area contributed by atoms with Crippen molar-refractivity contribution in [3.8, 4) is 0 Å². The molecule has 130 valence electrons. The molecule has 0 bridgehead atoms. The monoisotopic (exact) mass is 344 g/mol. The lowest BCUT2D eigenvalue weighted by molar-refractivity contribution is 0.151. The minimum atomic E-state index is -2.90. The Morgan fingerprint density at radius 2 is 1.33 bits per heavy atom. The number of unbranched alkanes of at least 4 members (excludes halogenated alkanes) is 1. The smallest absolute Gasteiger partial charge is 0.148 e. The highest BCUT2D eigenvalue weighted by Gasteiger charge is 2.39. The fourth-order valence-electron chi connectivity index (χ4n) is 3.35. The molecule has 2 aromatic carbocycles. The Morgan fingerprint density at radius 1 is 0.833 bits per heavy atom. The van der Waals surface area contributed by atoms with Gasteiger partial charge in [-0.25, -0.2) is 0 Å².